The van der Waals surface area contributed by atoms with E-state index in [1.54, 1.807) is 43.5 Å². The van der Waals surface area contributed by atoms with Crippen molar-refractivity contribution in [1.82, 2.24) is 0 Å². The van der Waals surface area contributed by atoms with Crippen molar-refractivity contribution in [2.75, 3.05) is 7.11 Å². The van der Waals surface area contributed by atoms with E-state index in [4.69, 9.17) is 32.4 Å². The van der Waals surface area contributed by atoms with E-state index in [-0.39, 0.29) is 11.5 Å². The van der Waals surface area contributed by atoms with E-state index in [1.807, 2.05) is 30.3 Å². The van der Waals surface area contributed by atoms with Crippen molar-refractivity contribution < 1.29 is 13.9 Å². The zero-order chi connectivity index (χ0) is 19.0. The third kappa shape index (κ3) is 3.20. The average molecular weight is 397 g/mol. The Morgan fingerprint density at radius 2 is 1.67 bits per heavy atom. The van der Waals surface area contributed by atoms with Crippen LogP contribution in [0.25, 0.3) is 22.1 Å². The fourth-order valence-corrected chi connectivity index (χ4v) is 3.32. The number of carbonyl (C=O) groups is 1. The van der Waals surface area contributed by atoms with E-state index in [2.05, 4.69) is 0 Å². The van der Waals surface area contributed by atoms with E-state index >= 15 is 0 Å². The standard InChI is InChI=1S/C22H14Cl2O3/c1-26-15-9-6-13(7-10-15)21(25)22-20(14-8-11-17(23)18(24)12-14)16-4-2-3-5-19(16)27-22/h2-12H,1H3. The maximum Gasteiger partial charge on any atom is 0.228 e. The molecule has 0 spiro atoms. The summed E-state index contributed by atoms with van der Waals surface area (Å²) >= 11 is 12.3. The number of ketones is 1. The number of rotatable bonds is 4. The fourth-order valence-electron chi connectivity index (χ4n) is 3.02. The Hall–Kier alpha value is -2.75. The van der Waals surface area contributed by atoms with E-state index in [0.717, 1.165) is 10.9 Å². The second kappa shape index (κ2) is 7.10. The molecule has 0 saturated carbocycles. The summed E-state index contributed by atoms with van der Waals surface area (Å²) < 4.78 is 11.1. The Morgan fingerprint density at radius 1 is 0.926 bits per heavy atom. The number of benzene rings is 3. The van der Waals surface area contributed by atoms with Gasteiger partial charge in [0, 0.05) is 16.5 Å². The summed E-state index contributed by atoms with van der Waals surface area (Å²) in [5.41, 5.74) is 2.61. The summed E-state index contributed by atoms with van der Waals surface area (Å²) in [6.07, 6.45) is 0. The minimum absolute atomic E-state index is 0.213. The molecule has 0 fully saturated rings. The zero-order valence-electron chi connectivity index (χ0n) is 14.3. The highest BCUT2D eigenvalue weighted by Crippen LogP contribution is 2.38. The Morgan fingerprint density at radius 3 is 2.37 bits per heavy atom. The van der Waals surface area contributed by atoms with Gasteiger partial charge in [0.25, 0.3) is 0 Å². The van der Waals surface area contributed by atoms with Gasteiger partial charge < -0.3 is 9.15 Å². The topological polar surface area (TPSA) is 39.4 Å². The van der Waals surface area contributed by atoms with Gasteiger partial charge in [0.05, 0.1) is 17.2 Å². The molecule has 1 heterocycles. The van der Waals surface area contributed by atoms with Crippen molar-refractivity contribution in [3.05, 3.63) is 88.1 Å². The van der Waals surface area contributed by atoms with Gasteiger partial charge >= 0.3 is 0 Å². The Kier molecular flexibility index (Phi) is 4.65. The predicted octanol–water partition coefficient (Wildman–Crippen LogP) is 6.65. The first-order chi connectivity index (χ1) is 13.1. The van der Waals surface area contributed by atoms with Crippen LogP contribution in [-0.2, 0) is 0 Å². The first-order valence-electron chi connectivity index (χ1n) is 8.24. The molecule has 3 nitrogen and oxygen atoms in total. The molecule has 4 rings (SSSR count). The second-order valence-electron chi connectivity index (χ2n) is 5.99. The molecule has 0 saturated heterocycles. The maximum absolute atomic E-state index is 13.2. The average Bonchev–Trinajstić information content (AvgIpc) is 3.09. The van der Waals surface area contributed by atoms with E-state index in [0.29, 0.717) is 32.5 Å². The molecule has 0 aliphatic rings. The first-order valence-corrected chi connectivity index (χ1v) is 9.00. The van der Waals surface area contributed by atoms with Gasteiger partial charge in [0.2, 0.25) is 5.78 Å². The third-order valence-electron chi connectivity index (χ3n) is 4.36. The molecular weight excluding hydrogens is 383 g/mol. The molecule has 4 aromatic rings. The number of fused-ring (bicyclic) bond motifs is 1. The van der Waals surface area contributed by atoms with Crippen molar-refractivity contribution in [2.24, 2.45) is 0 Å². The van der Waals surface area contributed by atoms with Crippen molar-refractivity contribution in [3.63, 3.8) is 0 Å². The molecule has 0 unspecified atom stereocenters. The lowest BCUT2D eigenvalue weighted by Crippen LogP contribution is -2.01. The predicted molar refractivity (Wildman–Crippen MR) is 108 cm³/mol. The number of halogens is 2. The summed E-state index contributed by atoms with van der Waals surface area (Å²) in [4.78, 5) is 13.2. The highest BCUT2D eigenvalue weighted by molar-refractivity contribution is 6.42. The van der Waals surface area contributed by atoms with Crippen molar-refractivity contribution in [3.8, 4) is 16.9 Å². The molecule has 0 atom stereocenters. The number of hydrogen-bond donors (Lipinski definition) is 0. The summed E-state index contributed by atoms with van der Waals surface area (Å²) in [7, 11) is 1.58. The van der Waals surface area contributed by atoms with Gasteiger partial charge in [0.15, 0.2) is 5.76 Å². The monoisotopic (exact) mass is 396 g/mol. The van der Waals surface area contributed by atoms with E-state index in [1.165, 1.54) is 0 Å². The van der Waals surface area contributed by atoms with Crippen LogP contribution in [0.2, 0.25) is 10.0 Å². The first kappa shape index (κ1) is 17.7. The van der Waals surface area contributed by atoms with Crippen molar-refractivity contribution in [2.45, 2.75) is 0 Å². The van der Waals surface area contributed by atoms with Crippen LogP contribution in [0.4, 0.5) is 0 Å². The molecule has 5 heteroatoms. The number of para-hydroxylation sites is 1. The lowest BCUT2D eigenvalue weighted by atomic mass is 9.98. The van der Waals surface area contributed by atoms with E-state index < -0.39 is 0 Å². The van der Waals surface area contributed by atoms with Gasteiger partial charge in [-0.05, 0) is 48.0 Å². The zero-order valence-corrected chi connectivity index (χ0v) is 15.8. The third-order valence-corrected chi connectivity index (χ3v) is 5.10. The van der Waals surface area contributed by atoms with Crippen LogP contribution in [0.5, 0.6) is 5.75 Å². The van der Waals surface area contributed by atoms with Gasteiger partial charge in [-0.25, -0.2) is 0 Å². The van der Waals surface area contributed by atoms with Gasteiger partial charge in [-0.2, -0.15) is 0 Å². The summed E-state index contributed by atoms with van der Waals surface area (Å²) in [6.45, 7) is 0. The summed E-state index contributed by atoms with van der Waals surface area (Å²) in [6, 6.07) is 19.7. The molecule has 0 amide bonds. The minimum atomic E-state index is -0.213. The molecule has 0 bridgehead atoms. The number of methoxy groups -OCH3 is 1. The molecule has 27 heavy (non-hydrogen) atoms. The molecule has 3 aromatic carbocycles. The molecular formula is C22H14Cl2O3. The SMILES string of the molecule is COc1ccc(C(=O)c2oc3ccccc3c2-c2ccc(Cl)c(Cl)c2)cc1. The molecule has 0 aliphatic carbocycles. The smallest absolute Gasteiger partial charge is 0.228 e. The number of hydrogen-bond acceptors (Lipinski definition) is 3. The summed E-state index contributed by atoms with van der Waals surface area (Å²) in [5, 5.41) is 1.71. The van der Waals surface area contributed by atoms with Crippen LogP contribution in [0, 0.1) is 0 Å². The van der Waals surface area contributed by atoms with Crippen LogP contribution >= 0.6 is 23.2 Å². The highest BCUT2D eigenvalue weighted by atomic mass is 35.5. The van der Waals surface area contributed by atoms with Crippen LogP contribution < -0.4 is 4.74 Å². The largest absolute Gasteiger partial charge is 0.497 e. The molecule has 0 aliphatic heterocycles. The Bertz CT molecular complexity index is 1140. The Labute approximate surface area is 166 Å². The number of ether oxygens (including phenoxy) is 1. The molecule has 134 valence electrons. The van der Waals surface area contributed by atoms with Crippen LogP contribution in [-0.4, -0.2) is 12.9 Å². The van der Waals surface area contributed by atoms with Crippen molar-refractivity contribution >= 4 is 40.0 Å². The van der Waals surface area contributed by atoms with Gasteiger partial charge in [-0.15, -0.1) is 0 Å². The second-order valence-corrected chi connectivity index (χ2v) is 6.80. The van der Waals surface area contributed by atoms with Crippen molar-refractivity contribution in [1.29, 1.82) is 0 Å². The van der Waals surface area contributed by atoms with E-state index in [9.17, 15) is 4.79 Å². The van der Waals surface area contributed by atoms with Gasteiger partial charge in [-0.3, -0.25) is 4.79 Å². The van der Waals surface area contributed by atoms with Gasteiger partial charge in [-0.1, -0.05) is 47.5 Å². The number of carbonyl (C=O) groups excluding carboxylic acids is 1. The molecule has 1 aromatic heterocycles. The lowest BCUT2D eigenvalue weighted by Gasteiger charge is -2.06. The Balaban J connectivity index is 1.91. The molecule has 0 N–H and O–H groups in total. The highest BCUT2D eigenvalue weighted by Gasteiger charge is 2.23. The lowest BCUT2D eigenvalue weighted by molar-refractivity contribution is 0.101. The van der Waals surface area contributed by atoms with Gasteiger partial charge in [0.1, 0.15) is 11.3 Å². The van der Waals surface area contributed by atoms with Crippen LogP contribution in [0.15, 0.2) is 71.1 Å². The van der Waals surface area contributed by atoms with Crippen LogP contribution in [0.1, 0.15) is 16.1 Å². The summed E-state index contributed by atoms with van der Waals surface area (Å²) in [5.74, 6) is 0.732. The minimum Gasteiger partial charge on any atom is -0.497 e. The quantitative estimate of drug-likeness (QED) is 0.362. The number of furan rings is 1. The molecule has 0 radical (unpaired) electrons. The van der Waals surface area contributed by atoms with Crippen LogP contribution in [0.3, 0.4) is 0 Å². The fraction of sp³-hybridized carbons (Fsp3) is 0.0455. The maximum atomic E-state index is 13.2. The normalized spacial score (nSPS) is 10.9.